The molecule has 0 amide bonds. The highest BCUT2D eigenvalue weighted by Crippen LogP contribution is 2.33. The Labute approximate surface area is 107 Å². The molecule has 0 saturated carbocycles. The fourth-order valence-corrected chi connectivity index (χ4v) is 2.36. The van der Waals surface area contributed by atoms with E-state index in [1.165, 1.54) is 12.1 Å². The van der Waals surface area contributed by atoms with Crippen LogP contribution in [0, 0.1) is 0 Å². The van der Waals surface area contributed by atoms with Gasteiger partial charge in [-0.15, -0.1) is 0 Å². The Bertz CT molecular complexity index is 472. The first-order valence-corrected chi connectivity index (χ1v) is 5.97. The highest BCUT2D eigenvalue weighted by atomic mass is 19.4. The van der Waals surface area contributed by atoms with Gasteiger partial charge >= 0.3 is 6.18 Å². The molecule has 1 aromatic rings. The van der Waals surface area contributed by atoms with Gasteiger partial charge in [-0.1, -0.05) is 24.3 Å². The smallest absolute Gasteiger partial charge is 0.288 e. The van der Waals surface area contributed by atoms with Gasteiger partial charge in [0, 0.05) is 5.56 Å². The Kier molecular flexibility index (Phi) is 3.89. The van der Waals surface area contributed by atoms with Crippen LogP contribution in [0.15, 0.2) is 24.3 Å². The maximum atomic E-state index is 13.3. The van der Waals surface area contributed by atoms with Gasteiger partial charge in [-0.2, -0.15) is 13.2 Å². The number of piperidine rings is 1. The van der Waals surface area contributed by atoms with E-state index in [-0.39, 0.29) is 23.5 Å². The molecule has 0 radical (unpaired) electrons. The number of carbonyl (C=O) groups is 1. The van der Waals surface area contributed by atoms with Crippen molar-refractivity contribution in [2.24, 2.45) is 0 Å². The van der Waals surface area contributed by atoms with Crippen molar-refractivity contribution < 1.29 is 22.4 Å². The highest BCUT2D eigenvalue weighted by molar-refractivity contribution is 6.01. The average molecular weight is 275 g/mol. The molecule has 1 aliphatic rings. The topological polar surface area (TPSA) is 29.1 Å². The van der Waals surface area contributed by atoms with E-state index >= 15 is 0 Å². The Morgan fingerprint density at radius 3 is 2.58 bits per heavy atom. The second kappa shape index (κ2) is 5.28. The molecule has 1 fully saturated rings. The Morgan fingerprint density at radius 2 is 1.95 bits per heavy atom. The number of hydrogen-bond donors (Lipinski definition) is 1. The second-order valence-corrected chi connectivity index (χ2v) is 4.56. The zero-order valence-electron chi connectivity index (χ0n) is 10.0. The van der Waals surface area contributed by atoms with Crippen LogP contribution in [0.5, 0.6) is 0 Å². The van der Waals surface area contributed by atoms with Crippen LogP contribution >= 0.6 is 0 Å². The molecule has 1 heterocycles. The molecular weight excluding hydrogens is 262 g/mol. The molecule has 0 aliphatic carbocycles. The molecular formula is C13H13F4NO. The zero-order chi connectivity index (χ0) is 14.0. The van der Waals surface area contributed by atoms with Crippen molar-refractivity contribution in [3.63, 3.8) is 0 Å². The predicted octanol–water partition coefficient (Wildman–Crippen LogP) is 3.19. The molecule has 1 saturated heterocycles. The lowest BCUT2D eigenvalue weighted by Crippen LogP contribution is -2.35. The van der Waals surface area contributed by atoms with Crippen molar-refractivity contribution in [1.82, 2.24) is 5.32 Å². The third-order valence-corrected chi connectivity index (χ3v) is 3.25. The van der Waals surface area contributed by atoms with Crippen molar-refractivity contribution in [1.29, 1.82) is 0 Å². The van der Waals surface area contributed by atoms with Crippen LogP contribution in [0.2, 0.25) is 0 Å². The molecule has 1 aromatic carbocycles. The monoisotopic (exact) mass is 275 g/mol. The van der Waals surface area contributed by atoms with Crippen molar-refractivity contribution in [3.05, 3.63) is 35.4 Å². The summed E-state index contributed by atoms with van der Waals surface area (Å²) in [5.74, 6) is -2.23. The first kappa shape index (κ1) is 14.0. The Hall–Kier alpha value is -1.43. The molecule has 1 N–H and O–H groups in total. The van der Waals surface area contributed by atoms with Gasteiger partial charge in [-0.25, -0.2) is 4.39 Å². The minimum absolute atomic E-state index is 0.0855. The summed E-state index contributed by atoms with van der Waals surface area (Å²) in [6, 6.07) is 5.58. The summed E-state index contributed by atoms with van der Waals surface area (Å²) in [6.07, 6.45) is -5.55. The van der Waals surface area contributed by atoms with Gasteiger partial charge in [0.25, 0.3) is 5.78 Å². The second-order valence-electron chi connectivity index (χ2n) is 4.56. The summed E-state index contributed by atoms with van der Waals surface area (Å²) in [6.45, 7) is 0.389. The van der Waals surface area contributed by atoms with Crippen molar-refractivity contribution in [3.8, 4) is 0 Å². The van der Waals surface area contributed by atoms with Crippen LogP contribution in [0.4, 0.5) is 17.6 Å². The molecule has 19 heavy (non-hydrogen) atoms. The number of halogens is 4. The van der Waals surface area contributed by atoms with Gasteiger partial charge in [-0.05, 0) is 30.9 Å². The van der Waals surface area contributed by atoms with Gasteiger partial charge in [0.05, 0.1) is 0 Å². The maximum Gasteiger partial charge on any atom is 0.454 e. The summed E-state index contributed by atoms with van der Waals surface area (Å²) in [7, 11) is 0. The summed E-state index contributed by atoms with van der Waals surface area (Å²) in [4.78, 5) is 11.4. The quantitative estimate of drug-likeness (QED) is 0.510. The molecule has 2 nitrogen and oxygen atoms in total. The SMILES string of the molecule is O=C(c1ccccc1C1CCNC(F)C1)C(F)(F)F. The molecule has 0 bridgehead atoms. The number of nitrogens with one attached hydrogen (secondary N) is 1. The largest absolute Gasteiger partial charge is 0.454 e. The minimum Gasteiger partial charge on any atom is -0.288 e. The van der Waals surface area contributed by atoms with E-state index in [0.29, 0.717) is 13.0 Å². The van der Waals surface area contributed by atoms with Gasteiger partial charge in [0.1, 0.15) is 0 Å². The molecule has 2 rings (SSSR count). The Morgan fingerprint density at radius 1 is 1.26 bits per heavy atom. The molecule has 104 valence electrons. The van der Waals surface area contributed by atoms with E-state index in [2.05, 4.69) is 5.32 Å². The zero-order valence-corrected chi connectivity index (χ0v) is 10.0. The molecule has 0 aromatic heterocycles. The number of Topliss-reactive ketones (excluding diaryl/α,β-unsaturated/α-hetero) is 1. The van der Waals surface area contributed by atoms with Crippen molar-refractivity contribution >= 4 is 5.78 Å². The van der Waals surface area contributed by atoms with E-state index < -0.39 is 18.3 Å². The van der Waals surface area contributed by atoms with Crippen LogP contribution in [0.3, 0.4) is 0 Å². The molecule has 2 atom stereocenters. The standard InChI is InChI=1S/C13H13F4NO/c14-11-7-8(5-6-18-11)9-3-1-2-4-10(9)12(19)13(15,16)17/h1-4,8,11,18H,5-7H2. The number of benzene rings is 1. The maximum absolute atomic E-state index is 13.3. The first-order chi connectivity index (χ1) is 8.89. The van der Waals surface area contributed by atoms with Crippen LogP contribution in [0.25, 0.3) is 0 Å². The molecule has 2 unspecified atom stereocenters. The lowest BCUT2D eigenvalue weighted by Gasteiger charge is -2.27. The third kappa shape index (κ3) is 3.12. The van der Waals surface area contributed by atoms with E-state index in [4.69, 9.17) is 0 Å². The molecule has 1 aliphatic heterocycles. The molecule has 0 spiro atoms. The minimum atomic E-state index is -4.90. The number of hydrogen-bond acceptors (Lipinski definition) is 2. The average Bonchev–Trinajstić information content (AvgIpc) is 2.37. The number of alkyl halides is 4. The normalized spacial score (nSPS) is 24.2. The lowest BCUT2D eigenvalue weighted by atomic mass is 9.85. The van der Waals surface area contributed by atoms with E-state index in [1.807, 2.05) is 0 Å². The van der Waals surface area contributed by atoms with Crippen LogP contribution in [-0.2, 0) is 0 Å². The summed E-state index contributed by atoms with van der Waals surface area (Å²) in [5.41, 5.74) is -0.0805. The number of rotatable bonds is 2. The fraction of sp³-hybridized carbons (Fsp3) is 0.462. The third-order valence-electron chi connectivity index (χ3n) is 3.25. The van der Waals surface area contributed by atoms with Gasteiger partial charge in [-0.3, -0.25) is 10.1 Å². The van der Waals surface area contributed by atoms with Gasteiger partial charge < -0.3 is 0 Å². The summed E-state index contributed by atoms with van der Waals surface area (Å²) in [5, 5.41) is 2.59. The van der Waals surface area contributed by atoms with Crippen LogP contribution < -0.4 is 5.32 Å². The van der Waals surface area contributed by atoms with Gasteiger partial charge in [0.15, 0.2) is 6.30 Å². The molecule has 6 heteroatoms. The number of carbonyl (C=O) groups excluding carboxylic acids is 1. The first-order valence-electron chi connectivity index (χ1n) is 5.97. The summed E-state index contributed by atoms with van der Waals surface area (Å²) >= 11 is 0. The highest BCUT2D eigenvalue weighted by Gasteiger charge is 2.41. The van der Waals surface area contributed by atoms with Crippen molar-refractivity contribution in [2.45, 2.75) is 31.2 Å². The number of ketones is 1. The van der Waals surface area contributed by atoms with Crippen LogP contribution in [0.1, 0.15) is 34.7 Å². The Balaban J connectivity index is 2.33. The van der Waals surface area contributed by atoms with Gasteiger partial charge in [0.2, 0.25) is 0 Å². The van der Waals surface area contributed by atoms with Crippen molar-refractivity contribution in [2.75, 3.05) is 6.54 Å². The van der Waals surface area contributed by atoms with Crippen LogP contribution in [-0.4, -0.2) is 24.8 Å². The van der Waals surface area contributed by atoms with E-state index in [9.17, 15) is 22.4 Å². The lowest BCUT2D eigenvalue weighted by molar-refractivity contribution is -0.0886. The van der Waals surface area contributed by atoms with E-state index in [1.54, 1.807) is 6.07 Å². The summed E-state index contributed by atoms with van der Waals surface area (Å²) < 4.78 is 50.8. The predicted molar refractivity (Wildman–Crippen MR) is 61.7 cm³/mol. The fourth-order valence-electron chi connectivity index (χ4n) is 2.36. The van der Waals surface area contributed by atoms with E-state index in [0.717, 1.165) is 6.07 Å².